The molecule has 4 heteroatoms. The van der Waals surface area contributed by atoms with Crippen LogP contribution < -0.4 is 5.32 Å². The van der Waals surface area contributed by atoms with E-state index in [0.717, 1.165) is 24.5 Å². The number of hydrogen-bond acceptors (Lipinski definition) is 2. The number of aromatic nitrogens is 3. The Bertz CT molecular complexity index is 477. The monoisotopic (exact) mass is 230 g/mol. The Morgan fingerprint density at radius 3 is 3.06 bits per heavy atom. The van der Waals surface area contributed by atoms with Gasteiger partial charge in [0.1, 0.15) is 5.69 Å². The zero-order chi connectivity index (χ0) is 11.7. The molecule has 90 valence electrons. The standard InChI is InChI=1S/C13H18N4/c1-9-12(10-4-2-6-14-8-10)16-17-13(9)11-5-3-7-15-11/h3,5,7,10,14-15H,2,4,6,8H2,1H3,(H,16,17). The lowest BCUT2D eigenvalue weighted by atomic mass is 9.93. The third-order valence-corrected chi connectivity index (χ3v) is 3.61. The normalized spacial score (nSPS) is 20.6. The molecule has 0 spiro atoms. The summed E-state index contributed by atoms with van der Waals surface area (Å²) in [6.45, 7) is 4.37. The van der Waals surface area contributed by atoms with Crippen molar-refractivity contribution in [1.29, 1.82) is 0 Å². The summed E-state index contributed by atoms with van der Waals surface area (Å²) in [6.07, 6.45) is 4.44. The second-order valence-corrected chi connectivity index (χ2v) is 4.74. The fraction of sp³-hybridized carbons (Fsp3) is 0.462. The second-order valence-electron chi connectivity index (χ2n) is 4.74. The van der Waals surface area contributed by atoms with Gasteiger partial charge >= 0.3 is 0 Å². The minimum atomic E-state index is 0.583. The van der Waals surface area contributed by atoms with E-state index in [9.17, 15) is 0 Å². The van der Waals surface area contributed by atoms with E-state index in [1.807, 2.05) is 12.3 Å². The maximum Gasteiger partial charge on any atom is 0.111 e. The number of aromatic amines is 2. The van der Waals surface area contributed by atoms with Crippen molar-refractivity contribution >= 4 is 0 Å². The van der Waals surface area contributed by atoms with Crippen molar-refractivity contribution in [3.8, 4) is 11.4 Å². The maximum absolute atomic E-state index is 4.45. The highest BCUT2D eigenvalue weighted by atomic mass is 15.1. The summed E-state index contributed by atoms with van der Waals surface area (Å²) in [5.74, 6) is 0.583. The predicted molar refractivity (Wildman–Crippen MR) is 68.0 cm³/mol. The Balaban J connectivity index is 1.92. The Hall–Kier alpha value is -1.55. The van der Waals surface area contributed by atoms with Gasteiger partial charge in [-0.1, -0.05) is 0 Å². The van der Waals surface area contributed by atoms with Crippen LogP contribution in [0.1, 0.15) is 30.0 Å². The van der Waals surface area contributed by atoms with Gasteiger partial charge in [0, 0.05) is 24.4 Å². The number of nitrogens with one attached hydrogen (secondary N) is 3. The summed E-state index contributed by atoms with van der Waals surface area (Å²) in [5.41, 5.74) is 4.72. The Morgan fingerprint density at radius 2 is 2.35 bits per heavy atom. The molecule has 2 aromatic heterocycles. The molecule has 1 atom stereocenters. The van der Waals surface area contributed by atoms with Crippen LogP contribution in [0.25, 0.3) is 11.4 Å². The van der Waals surface area contributed by atoms with Crippen LogP contribution in [0.4, 0.5) is 0 Å². The molecule has 1 fully saturated rings. The van der Waals surface area contributed by atoms with Crippen molar-refractivity contribution in [2.45, 2.75) is 25.7 Å². The quantitative estimate of drug-likeness (QED) is 0.740. The summed E-state index contributed by atoms with van der Waals surface area (Å²) in [6, 6.07) is 4.07. The lowest BCUT2D eigenvalue weighted by Crippen LogP contribution is -2.28. The van der Waals surface area contributed by atoms with E-state index in [-0.39, 0.29) is 0 Å². The zero-order valence-electron chi connectivity index (χ0n) is 10.1. The fourth-order valence-corrected chi connectivity index (χ4v) is 2.65. The number of H-pyrrole nitrogens is 2. The summed E-state index contributed by atoms with van der Waals surface area (Å²) >= 11 is 0. The molecule has 0 bridgehead atoms. The van der Waals surface area contributed by atoms with Crippen LogP contribution in [-0.4, -0.2) is 28.3 Å². The molecule has 0 radical (unpaired) electrons. The third-order valence-electron chi connectivity index (χ3n) is 3.61. The number of nitrogens with zero attached hydrogens (tertiary/aromatic N) is 1. The van der Waals surface area contributed by atoms with E-state index >= 15 is 0 Å². The van der Waals surface area contributed by atoms with Gasteiger partial charge in [-0.3, -0.25) is 5.10 Å². The van der Waals surface area contributed by atoms with E-state index in [2.05, 4.69) is 33.5 Å². The molecule has 3 N–H and O–H groups in total. The van der Waals surface area contributed by atoms with Gasteiger partial charge in [-0.05, 0) is 44.0 Å². The van der Waals surface area contributed by atoms with Crippen molar-refractivity contribution in [3.63, 3.8) is 0 Å². The summed E-state index contributed by atoms with van der Waals surface area (Å²) < 4.78 is 0. The fourth-order valence-electron chi connectivity index (χ4n) is 2.65. The van der Waals surface area contributed by atoms with Gasteiger partial charge in [-0.2, -0.15) is 5.10 Å². The highest BCUT2D eigenvalue weighted by Gasteiger charge is 2.21. The first-order valence-corrected chi connectivity index (χ1v) is 6.25. The molecule has 4 nitrogen and oxygen atoms in total. The third kappa shape index (κ3) is 1.89. The first-order chi connectivity index (χ1) is 8.36. The molecule has 17 heavy (non-hydrogen) atoms. The highest BCUT2D eigenvalue weighted by molar-refractivity contribution is 5.60. The Morgan fingerprint density at radius 1 is 1.41 bits per heavy atom. The molecule has 0 aromatic carbocycles. The maximum atomic E-state index is 4.45. The van der Waals surface area contributed by atoms with Gasteiger partial charge in [0.15, 0.2) is 0 Å². The summed E-state index contributed by atoms with van der Waals surface area (Å²) in [7, 11) is 0. The van der Waals surface area contributed by atoms with E-state index in [1.54, 1.807) is 0 Å². The SMILES string of the molecule is Cc1c(-c2ccc[nH]2)n[nH]c1C1CCCNC1. The molecule has 0 saturated carbocycles. The van der Waals surface area contributed by atoms with Gasteiger partial charge in [0.2, 0.25) is 0 Å². The Labute approximate surface area is 101 Å². The molecule has 0 aliphatic carbocycles. The first kappa shape index (κ1) is 10.6. The minimum absolute atomic E-state index is 0.583. The van der Waals surface area contributed by atoms with E-state index in [4.69, 9.17) is 0 Å². The van der Waals surface area contributed by atoms with Crippen LogP contribution in [0, 0.1) is 6.92 Å². The van der Waals surface area contributed by atoms with Gasteiger partial charge in [-0.15, -0.1) is 0 Å². The van der Waals surface area contributed by atoms with Crippen LogP contribution in [0.5, 0.6) is 0 Å². The van der Waals surface area contributed by atoms with Gasteiger partial charge in [-0.25, -0.2) is 0 Å². The first-order valence-electron chi connectivity index (χ1n) is 6.25. The topological polar surface area (TPSA) is 56.5 Å². The summed E-state index contributed by atoms with van der Waals surface area (Å²) in [5, 5.41) is 11.1. The molecule has 3 rings (SSSR count). The second kappa shape index (κ2) is 4.37. The molecule has 3 heterocycles. The van der Waals surface area contributed by atoms with Crippen LogP contribution >= 0.6 is 0 Å². The van der Waals surface area contributed by atoms with Crippen molar-refractivity contribution in [2.24, 2.45) is 0 Å². The number of piperidine rings is 1. The average molecular weight is 230 g/mol. The largest absolute Gasteiger partial charge is 0.360 e. The number of rotatable bonds is 2. The lowest BCUT2D eigenvalue weighted by molar-refractivity contribution is 0.453. The molecule has 0 amide bonds. The van der Waals surface area contributed by atoms with E-state index in [0.29, 0.717) is 5.92 Å². The number of hydrogen-bond donors (Lipinski definition) is 3. The van der Waals surface area contributed by atoms with Crippen LogP contribution in [-0.2, 0) is 0 Å². The van der Waals surface area contributed by atoms with Crippen molar-refractivity contribution in [3.05, 3.63) is 29.6 Å². The summed E-state index contributed by atoms with van der Waals surface area (Å²) in [4.78, 5) is 3.21. The molecule has 1 aliphatic heterocycles. The van der Waals surface area contributed by atoms with Crippen LogP contribution in [0.3, 0.4) is 0 Å². The molecule has 1 unspecified atom stereocenters. The smallest absolute Gasteiger partial charge is 0.111 e. The van der Waals surface area contributed by atoms with Gasteiger partial charge in [0.25, 0.3) is 0 Å². The lowest BCUT2D eigenvalue weighted by Gasteiger charge is -2.22. The zero-order valence-corrected chi connectivity index (χ0v) is 10.1. The van der Waals surface area contributed by atoms with Crippen LogP contribution in [0.2, 0.25) is 0 Å². The molecular formula is C13H18N4. The predicted octanol–water partition coefficient (Wildman–Crippen LogP) is 2.18. The minimum Gasteiger partial charge on any atom is -0.360 e. The van der Waals surface area contributed by atoms with E-state index < -0.39 is 0 Å². The van der Waals surface area contributed by atoms with Crippen LogP contribution in [0.15, 0.2) is 18.3 Å². The molecule has 2 aromatic rings. The van der Waals surface area contributed by atoms with Gasteiger partial charge < -0.3 is 10.3 Å². The van der Waals surface area contributed by atoms with Crippen molar-refractivity contribution < 1.29 is 0 Å². The highest BCUT2D eigenvalue weighted by Crippen LogP contribution is 2.29. The molecule has 1 aliphatic rings. The van der Waals surface area contributed by atoms with Gasteiger partial charge in [0.05, 0.1) is 5.69 Å². The van der Waals surface area contributed by atoms with Crippen molar-refractivity contribution in [1.82, 2.24) is 20.5 Å². The Kier molecular flexibility index (Phi) is 2.73. The molecule has 1 saturated heterocycles. The average Bonchev–Trinajstić information content (AvgIpc) is 2.99. The molecular weight excluding hydrogens is 212 g/mol. The van der Waals surface area contributed by atoms with E-state index in [1.165, 1.54) is 24.1 Å². The van der Waals surface area contributed by atoms with Crippen molar-refractivity contribution in [2.75, 3.05) is 13.1 Å².